The molecule has 0 spiro atoms. The molecule has 0 aliphatic carbocycles. The van der Waals surface area contributed by atoms with E-state index in [4.69, 9.17) is 4.74 Å². The van der Waals surface area contributed by atoms with Gasteiger partial charge in [-0.2, -0.15) is 0 Å². The van der Waals surface area contributed by atoms with Gasteiger partial charge in [-0.05, 0) is 12.5 Å². The standard InChI is InChI=1S/C19H29N3O3/c1-14(2)18(23)21-17(19(24)22-11-9-20-10-12-22)15(3)25-13-16-7-5-4-6-8-16/h4-8,14-15,17,20H,9-13H2,1-3H3,(H,21,23). The number of carbonyl (C=O) groups is 2. The van der Waals surface area contributed by atoms with Crippen molar-refractivity contribution in [2.75, 3.05) is 26.2 Å². The molecule has 6 heteroatoms. The zero-order valence-electron chi connectivity index (χ0n) is 15.3. The largest absolute Gasteiger partial charge is 0.371 e. The minimum absolute atomic E-state index is 0.0731. The van der Waals surface area contributed by atoms with E-state index in [2.05, 4.69) is 10.6 Å². The summed E-state index contributed by atoms with van der Waals surface area (Å²) in [7, 11) is 0. The fourth-order valence-electron chi connectivity index (χ4n) is 2.68. The van der Waals surface area contributed by atoms with E-state index in [1.807, 2.05) is 51.1 Å². The van der Waals surface area contributed by atoms with Gasteiger partial charge in [0.2, 0.25) is 11.8 Å². The number of nitrogens with one attached hydrogen (secondary N) is 2. The summed E-state index contributed by atoms with van der Waals surface area (Å²) in [5.41, 5.74) is 1.04. The van der Waals surface area contributed by atoms with Crippen LogP contribution in [0.2, 0.25) is 0 Å². The lowest BCUT2D eigenvalue weighted by molar-refractivity contribution is -0.142. The molecule has 2 N–H and O–H groups in total. The van der Waals surface area contributed by atoms with Crippen molar-refractivity contribution in [3.05, 3.63) is 35.9 Å². The third-order valence-electron chi connectivity index (χ3n) is 4.34. The molecule has 2 unspecified atom stereocenters. The summed E-state index contributed by atoms with van der Waals surface area (Å²) >= 11 is 0. The number of benzene rings is 1. The van der Waals surface area contributed by atoms with Crippen LogP contribution < -0.4 is 10.6 Å². The van der Waals surface area contributed by atoms with E-state index in [0.717, 1.165) is 18.7 Å². The van der Waals surface area contributed by atoms with Gasteiger partial charge in [-0.3, -0.25) is 9.59 Å². The van der Waals surface area contributed by atoms with Crippen LogP contribution in [-0.2, 0) is 20.9 Å². The third kappa shape index (κ3) is 5.83. The molecule has 1 aliphatic rings. The number of rotatable bonds is 7. The first-order valence-electron chi connectivity index (χ1n) is 8.94. The number of hydrogen-bond donors (Lipinski definition) is 2. The topological polar surface area (TPSA) is 70.7 Å². The Balaban J connectivity index is 2.03. The number of piperazine rings is 1. The Morgan fingerprint density at radius 3 is 2.40 bits per heavy atom. The molecule has 25 heavy (non-hydrogen) atoms. The van der Waals surface area contributed by atoms with E-state index in [0.29, 0.717) is 19.7 Å². The van der Waals surface area contributed by atoms with E-state index in [-0.39, 0.29) is 17.7 Å². The summed E-state index contributed by atoms with van der Waals surface area (Å²) < 4.78 is 5.90. The molecule has 1 aromatic rings. The van der Waals surface area contributed by atoms with Gasteiger partial charge in [0.05, 0.1) is 12.7 Å². The second-order valence-corrected chi connectivity index (χ2v) is 6.72. The molecule has 1 fully saturated rings. The average Bonchev–Trinajstić information content (AvgIpc) is 2.64. The Hall–Kier alpha value is -1.92. The van der Waals surface area contributed by atoms with Crippen molar-refractivity contribution >= 4 is 11.8 Å². The molecule has 0 bridgehead atoms. The molecule has 2 atom stereocenters. The zero-order chi connectivity index (χ0) is 18.2. The number of hydrogen-bond acceptors (Lipinski definition) is 4. The lowest BCUT2D eigenvalue weighted by atomic mass is 10.1. The molecule has 1 saturated heterocycles. The molecule has 1 aromatic carbocycles. The lowest BCUT2D eigenvalue weighted by Gasteiger charge is -2.33. The molecule has 2 rings (SSSR count). The van der Waals surface area contributed by atoms with Gasteiger partial charge in [0.1, 0.15) is 6.04 Å². The number of amides is 2. The molecule has 6 nitrogen and oxygen atoms in total. The molecule has 138 valence electrons. The van der Waals surface area contributed by atoms with Crippen LogP contribution in [0.1, 0.15) is 26.3 Å². The highest BCUT2D eigenvalue weighted by Gasteiger charge is 2.32. The van der Waals surface area contributed by atoms with Crippen LogP contribution in [0.15, 0.2) is 30.3 Å². The van der Waals surface area contributed by atoms with E-state index < -0.39 is 12.1 Å². The van der Waals surface area contributed by atoms with Gasteiger partial charge < -0.3 is 20.3 Å². The highest BCUT2D eigenvalue weighted by atomic mass is 16.5. The molecule has 0 radical (unpaired) electrons. The van der Waals surface area contributed by atoms with Gasteiger partial charge in [0.15, 0.2) is 0 Å². The fraction of sp³-hybridized carbons (Fsp3) is 0.579. The van der Waals surface area contributed by atoms with Crippen molar-refractivity contribution in [2.24, 2.45) is 5.92 Å². The van der Waals surface area contributed by atoms with E-state index >= 15 is 0 Å². The van der Waals surface area contributed by atoms with Gasteiger partial charge >= 0.3 is 0 Å². The fourth-order valence-corrected chi connectivity index (χ4v) is 2.68. The normalized spacial score (nSPS) is 17.2. The highest BCUT2D eigenvalue weighted by molar-refractivity contribution is 5.88. The Kier molecular flexibility index (Phi) is 7.40. The minimum Gasteiger partial charge on any atom is -0.371 e. The molecule has 2 amide bonds. The number of nitrogens with zero attached hydrogens (tertiary/aromatic N) is 1. The molecule has 0 aromatic heterocycles. The van der Waals surface area contributed by atoms with Crippen LogP contribution >= 0.6 is 0 Å². The molecule has 1 heterocycles. The van der Waals surface area contributed by atoms with Gasteiger partial charge in [0.25, 0.3) is 0 Å². The van der Waals surface area contributed by atoms with E-state index in [9.17, 15) is 9.59 Å². The number of ether oxygens (including phenoxy) is 1. The van der Waals surface area contributed by atoms with Gasteiger partial charge in [-0.25, -0.2) is 0 Å². The van der Waals surface area contributed by atoms with Crippen LogP contribution in [0.3, 0.4) is 0 Å². The Morgan fingerprint density at radius 1 is 1.16 bits per heavy atom. The summed E-state index contributed by atoms with van der Waals surface area (Å²) in [6.45, 7) is 8.73. The first-order chi connectivity index (χ1) is 12.0. The van der Waals surface area contributed by atoms with Crippen LogP contribution in [-0.4, -0.2) is 55.0 Å². The van der Waals surface area contributed by atoms with Crippen LogP contribution in [0.25, 0.3) is 0 Å². The lowest BCUT2D eigenvalue weighted by Crippen LogP contribution is -2.58. The van der Waals surface area contributed by atoms with Crippen LogP contribution in [0.4, 0.5) is 0 Å². The SMILES string of the molecule is CC(C)C(=O)NC(C(=O)N1CCNCC1)C(C)OCc1ccccc1. The smallest absolute Gasteiger partial charge is 0.247 e. The molecule has 1 aliphatic heterocycles. The van der Waals surface area contributed by atoms with Crippen molar-refractivity contribution in [1.82, 2.24) is 15.5 Å². The highest BCUT2D eigenvalue weighted by Crippen LogP contribution is 2.10. The third-order valence-corrected chi connectivity index (χ3v) is 4.34. The Morgan fingerprint density at radius 2 is 1.80 bits per heavy atom. The summed E-state index contributed by atoms with van der Waals surface area (Å²) in [6.07, 6.45) is -0.412. The minimum atomic E-state index is -0.670. The van der Waals surface area contributed by atoms with Gasteiger partial charge in [-0.1, -0.05) is 44.2 Å². The predicted molar refractivity (Wildman–Crippen MR) is 96.9 cm³/mol. The quantitative estimate of drug-likeness (QED) is 0.777. The maximum Gasteiger partial charge on any atom is 0.247 e. The molecular formula is C19H29N3O3. The molecular weight excluding hydrogens is 318 g/mol. The van der Waals surface area contributed by atoms with Crippen LogP contribution in [0, 0.1) is 5.92 Å². The van der Waals surface area contributed by atoms with Crippen molar-refractivity contribution < 1.29 is 14.3 Å². The number of carbonyl (C=O) groups excluding carboxylic acids is 2. The maximum absolute atomic E-state index is 12.9. The zero-order valence-corrected chi connectivity index (χ0v) is 15.3. The maximum atomic E-state index is 12.9. The second-order valence-electron chi connectivity index (χ2n) is 6.72. The average molecular weight is 347 g/mol. The van der Waals surface area contributed by atoms with Gasteiger partial charge in [0, 0.05) is 32.1 Å². The summed E-state index contributed by atoms with van der Waals surface area (Å²) in [5, 5.41) is 6.10. The second kappa shape index (κ2) is 9.53. The van der Waals surface area contributed by atoms with E-state index in [1.54, 1.807) is 4.90 Å². The summed E-state index contributed by atoms with van der Waals surface area (Å²) in [4.78, 5) is 26.9. The Bertz CT molecular complexity index is 556. The Labute approximate surface area is 149 Å². The van der Waals surface area contributed by atoms with Crippen molar-refractivity contribution in [2.45, 2.75) is 39.5 Å². The van der Waals surface area contributed by atoms with Crippen molar-refractivity contribution in [3.8, 4) is 0 Å². The van der Waals surface area contributed by atoms with Crippen molar-refractivity contribution in [3.63, 3.8) is 0 Å². The molecule has 0 saturated carbocycles. The first kappa shape index (κ1) is 19.4. The summed E-state index contributed by atoms with van der Waals surface area (Å²) in [5.74, 6) is -0.389. The van der Waals surface area contributed by atoms with Crippen LogP contribution in [0.5, 0.6) is 0 Å². The first-order valence-corrected chi connectivity index (χ1v) is 8.94. The van der Waals surface area contributed by atoms with Gasteiger partial charge in [-0.15, -0.1) is 0 Å². The van der Waals surface area contributed by atoms with E-state index in [1.165, 1.54) is 0 Å². The monoisotopic (exact) mass is 347 g/mol. The summed E-state index contributed by atoms with van der Waals surface area (Å²) in [6, 6.07) is 9.14. The predicted octanol–water partition coefficient (Wildman–Crippen LogP) is 1.16. The van der Waals surface area contributed by atoms with Crippen molar-refractivity contribution in [1.29, 1.82) is 0 Å².